The average Bonchev–Trinajstić information content (AvgIpc) is 2.79. The van der Waals surface area contributed by atoms with Crippen molar-refractivity contribution in [3.8, 4) is 11.5 Å². The van der Waals surface area contributed by atoms with Gasteiger partial charge in [0.15, 0.2) is 5.82 Å². The quantitative estimate of drug-likeness (QED) is 0.202. The first-order valence-corrected chi connectivity index (χ1v) is 9.63. The predicted octanol–water partition coefficient (Wildman–Crippen LogP) is 6.31. The van der Waals surface area contributed by atoms with E-state index in [1.807, 2.05) is 5.32 Å². The van der Waals surface area contributed by atoms with E-state index in [2.05, 4.69) is 0 Å². The van der Waals surface area contributed by atoms with E-state index >= 15 is 0 Å². The van der Waals surface area contributed by atoms with Gasteiger partial charge in [-0.15, -0.1) is 0 Å². The number of alkyl halides is 6. The van der Waals surface area contributed by atoms with Crippen molar-refractivity contribution in [3.63, 3.8) is 0 Å². The Hall–Kier alpha value is -4.27. The molecule has 3 aromatic carbocycles. The van der Waals surface area contributed by atoms with E-state index in [1.165, 1.54) is 0 Å². The van der Waals surface area contributed by atoms with Gasteiger partial charge in [0, 0.05) is 5.69 Å². The summed E-state index contributed by atoms with van der Waals surface area (Å²) in [4.78, 5) is 24.3. The number of benzene rings is 3. The summed E-state index contributed by atoms with van der Waals surface area (Å²) in [6, 6.07) is 3.88. The molecule has 0 spiro atoms. The first kappa shape index (κ1) is 27.3. The summed E-state index contributed by atoms with van der Waals surface area (Å²) in [7, 11) is 0. The van der Waals surface area contributed by atoms with Crippen LogP contribution in [0, 0.1) is 17.5 Å². The van der Waals surface area contributed by atoms with Crippen LogP contribution in [0.25, 0.3) is 0 Å². The Morgan fingerprint density at radius 1 is 0.757 bits per heavy atom. The van der Waals surface area contributed by atoms with Gasteiger partial charge in [-0.1, -0.05) is 0 Å². The fourth-order valence-electron chi connectivity index (χ4n) is 3.02. The predicted molar refractivity (Wildman–Crippen MR) is 106 cm³/mol. The van der Waals surface area contributed by atoms with Crippen molar-refractivity contribution in [2.24, 2.45) is 0 Å². The summed E-state index contributed by atoms with van der Waals surface area (Å²) in [6.45, 7) is 0. The number of hydrogen-bond acceptors (Lipinski definition) is 4. The number of anilines is 1. The summed E-state index contributed by atoms with van der Waals surface area (Å²) < 4.78 is 126. The molecule has 0 atom stereocenters. The molecule has 15 heteroatoms. The number of hydroxylamine groups is 1. The highest BCUT2D eigenvalue weighted by molar-refractivity contribution is 6.07. The molecule has 0 saturated heterocycles. The van der Waals surface area contributed by atoms with E-state index in [0.29, 0.717) is 30.3 Å². The van der Waals surface area contributed by atoms with Crippen LogP contribution >= 0.6 is 0 Å². The lowest BCUT2D eigenvalue weighted by atomic mass is 10.1. The summed E-state index contributed by atoms with van der Waals surface area (Å²) in [6.07, 6.45) is -10.5. The van der Waals surface area contributed by atoms with Crippen LogP contribution in [0.3, 0.4) is 0 Å². The third kappa shape index (κ3) is 5.94. The maximum atomic E-state index is 14.9. The van der Waals surface area contributed by atoms with E-state index in [4.69, 9.17) is 9.94 Å². The summed E-state index contributed by atoms with van der Waals surface area (Å²) >= 11 is 0. The van der Waals surface area contributed by atoms with E-state index in [1.54, 1.807) is 0 Å². The van der Waals surface area contributed by atoms with E-state index in [9.17, 15) is 49.1 Å². The number of ether oxygens (including phenoxy) is 1. The Labute approximate surface area is 200 Å². The van der Waals surface area contributed by atoms with Crippen LogP contribution in [0.4, 0.5) is 45.2 Å². The summed E-state index contributed by atoms with van der Waals surface area (Å²) in [5, 5.41) is 10.6. The first-order chi connectivity index (χ1) is 17.1. The zero-order valence-corrected chi connectivity index (χ0v) is 17.7. The molecule has 2 amide bonds. The van der Waals surface area contributed by atoms with Crippen molar-refractivity contribution in [3.05, 3.63) is 88.2 Å². The molecule has 0 heterocycles. The highest BCUT2D eigenvalue weighted by Gasteiger charge is 2.38. The van der Waals surface area contributed by atoms with Crippen LogP contribution in [0.1, 0.15) is 31.8 Å². The second-order valence-electron chi connectivity index (χ2n) is 7.13. The van der Waals surface area contributed by atoms with Gasteiger partial charge in [-0.2, -0.15) is 26.3 Å². The van der Waals surface area contributed by atoms with Crippen LogP contribution in [0.2, 0.25) is 0 Å². The first-order valence-electron chi connectivity index (χ1n) is 9.63. The van der Waals surface area contributed by atoms with E-state index in [-0.39, 0.29) is 12.1 Å². The van der Waals surface area contributed by atoms with Gasteiger partial charge < -0.3 is 10.1 Å². The Morgan fingerprint density at radius 3 is 1.97 bits per heavy atom. The van der Waals surface area contributed by atoms with E-state index in [0.717, 1.165) is 11.5 Å². The largest absolute Gasteiger partial charge is 0.456 e. The second-order valence-corrected chi connectivity index (χ2v) is 7.13. The highest BCUT2D eigenvalue weighted by Crippen LogP contribution is 2.39. The Bertz CT molecular complexity index is 1370. The minimum absolute atomic E-state index is 0.145. The fourth-order valence-corrected chi connectivity index (χ4v) is 3.02. The molecule has 0 aromatic heterocycles. The Morgan fingerprint density at radius 2 is 1.38 bits per heavy atom. The minimum Gasteiger partial charge on any atom is -0.456 e. The van der Waals surface area contributed by atoms with Gasteiger partial charge >= 0.3 is 12.4 Å². The fraction of sp³-hybridized carbons (Fsp3) is 0.0909. The van der Waals surface area contributed by atoms with Gasteiger partial charge in [-0.3, -0.25) is 14.8 Å². The molecule has 0 bridgehead atoms. The van der Waals surface area contributed by atoms with Crippen LogP contribution in [0.5, 0.6) is 11.5 Å². The summed E-state index contributed by atoms with van der Waals surface area (Å²) in [5.41, 5.74) is -5.30. The van der Waals surface area contributed by atoms with Gasteiger partial charge in [0.25, 0.3) is 11.8 Å². The van der Waals surface area contributed by atoms with Gasteiger partial charge in [0.2, 0.25) is 0 Å². The second kappa shape index (κ2) is 10.0. The standard InChI is InChI=1S/C22H11F9N2O4/c23-14-4-1-9(7-11(14)19(34)33-36)32-20(35)17-16(6-3-12(18(17)25)21(26,27)28)37-10-2-5-15(24)13(8-10)22(29,30)31/h1-8,36H,(H,32,35)(H,33,34). The SMILES string of the molecule is O=C(NO)c1cc(NC(=O)c2c(Oc3ccc(F)c(C(F)(F)F)c3)ccc(C(F)(F)F)c2F)ccc1F. The lowest BCUT2D eigenvalue weighted by Gasteiger charge is -2.17. The molecule has 37 heavy (non-hydrogen) atoms. The maximum absolute atomic E-state index is 14.9. The number of carbonyl (C=O) groups is 2. The third-order valence-corrected chi connectivity index (χ3v) is 4.68. The van der Waals surface area contributed by atoms with Gasteiger partial charge in [-0.05, 0) is 48.5 Å². The van der Waals surface area contributed by atoms with Crippen molar-refractivity contribution >= 4 is 17.5 Å². The molecule has 3 aromatic rings. The van der Waals surface area contributed by atoms with Gasteiger partial charge in [0.05, 0.1) is 16.7 Å². The molecule has 0 aliphatic heterocycles. The average molecular weight is 538 g/mol. The molecule has 0 aliphatic carbocycles. The normalized spacial score (nSPS) is 11.7. The van der Waals surface area contributed by atoms with Crippen molar-refractivity contribution in [1.29, 1.82) is 0 Å². The molecular formula is C22H11F9N2O4. The smallest absolute Gasteiger partial charge is 0.419 e. The molecule has 3 rings (SSSR count). The molecule has 0 radical (unpaired) electrons. The van der Waals surface area contributed by atoms with Crippen LogP contribution in [-0.4, -0.2) is 17.0 Å². The monoisotopic (exact) mass is 538 g/mol. The third-order valence-electron chi connectivity index (χ3n) is 4.68. The lowest BCUT2D eigenvalue weighted by Crippen LogP contribution is -2.21. The molecule has 0 fully saturated rings. The Kier molecular flexibility index (Phi) is 7.39. The molecule has 196 valence electrons. The van der Waals surface area contributed by atoms with Crippen molar-refractivity contribution < 1.29 is 59.0 Å². The number of amides is 2. The van der Waals surface area contributed by atoms with Crippen LogP contribution in [-0.2, 0) is 12.4 Å². The Balaban J connectivity index is 2.08. The molecule has 0 unspecified atom stereocenters. The minimum atomic E-state index is -5.31. The van der Waals surface area contributed by atoms with Crippen LogP contribution < -0.4 is 15.5 Å². The zero-order chi connectivity index (χ0) is 27.7. The number of rotatable bonds is 5. The zero-order valence-electron chi connectivity index (χ0n) is 17.7. The number of carbonyl (C=O) groups excluding carboxylic acids is 2. The van der Waals surface area contributed by atoms with Crippen molar-refractivity contribution in [1.82, 2.24) is 5.48 Å². The molecule has 6 nitrogen and oxygen atoms in total. The molecule has 0 saturated carbocycles. The van der Waals surface area contributed by atoms with Crippen molar-refractivity contribution in [2.45, 2.75) is 12.4 Å². The summed E-state index contributed by atoms with van der Waals surface area (Å²) in [5.74, 6) is -9.83. The highest BCUT2D eigenvalue weighted by atomic mass is 19.4. The molecule has 0 aliphatic rings. The molecule has 3 N–H and O–H groups in total. The lowest BCUT2D eigenvalue weighted by molar-refractivity contribution is -0.141. The maximum Gasteiger partial charge on any atom is 0.419 e. The number of hydrogen-bond donors (Lipinski definition) is 3. The van der Waals surface area contributed by atoms with Crippen molar-refractivity contribution in [2.75, 3.05) is 5.32 Å². The van der Waals surface area contributed by atoms with Crippen LogP contribution in [0.15, 0.2) is 48.5 Å². The number of halogens is 9. The van der Waals surface area contributed by atoms with Gasteiger partial charge in [-0.25, -0.2) is 18.7 Å². The van der Waals surface area contributed by atoms with Gasteiger partial charge in [0.1, 0.15) is 28.7 Å². The topological polar surface area (TPSA) is 87.7 Å². The van der Waals surface area contributed by atoms with E-state index < -0.39 is 81.1 Å². The number of nitrogens with one attached hydrogen (secondary N) is 2. The molecular weight excluding hydrogens is 527 g/mol.